The molecule has 0 atom stereocenters. The summed E-state index contributed by atoms with van der Waals surface area (Å²) in [6.07, 6.45) is 3.42. The van der Waals surface area contributed by atoms with Crippen molar-refractivity contribution in [2.75, 3.05) is 0 Å². The number of ether oxygens (including phenoxy) is 1. The SMILES string of the molecule is CC=C(C)C(=O)OC(C)=CC=O. The van der Waals surface area contributed by atoms with Crippen LogP contribution in [-0.2, 0) is 14.3 Å². The third kappa shape index (κ3) is 3.71. The Hall–Kier alpha value is -1.38. The number of rotatable bonds is 3. The van der Waals surface area contributed by atoms with Crippen LogP contribution < -0.4 is 0 Å². The molecule has 0 aromatic rings. The highest BCUT2D eigenvalue weighted by Gasteiger charge is 2.04. The van der Waals surface area contributed by atoms with E-state index < -0.39 is 5.97 Å². The molecular weight excluding hydrogens is 156 g/mol. The maximum absolute atomic E-state index is 11.0. The summed E-state index contributed by atoms with van der Waals surface area (Å²) in [5, 5.41) is 0. The molecule has 3 heteroatoms. The van der Waals surface area contributed by atoms with Gasteiger partial charge in [0.15, 0.2) is 0 Å². The van der Waals surface area contributed by atoms with Crippen LogP contribution in [0.1, 0.15) is 20.8 Å². The average molecular weight is 168 g/mol. The number of carbonyl (C=O) groups excluding carboxylic acids is 2. The van der Waals surface area contributed by atoms with Gasteiger partial charge < -0.3 is 4.74 Å². The van der Waals surface area contributed by atoms with E-state index in [1.54, 1.807) is 26.8 Å². The predicted molar refractivity (Wildman–Crippen MR) is 45.3 cm³/mol. The summed E-state index contributed by atoms with van der Waals surface area (Å²) in [5.41, 5.74) is 0.522. The second-order valence-electron chi connectivity index (χ2n) is 2.27. The molecule has 3 nitrogen and oxygen atoms in total. The molecule has 0 fully saturated rings. The van der Waals surface area contributed by atoms with E-state index in [0.717, 1.165) is 0 Å². The van der Waals surface area contributed by atoms with Gasteiger partial charge in [-0.1, -0.05) is 6.08 Å². The quantitative estimate of drug-likeness (QED) is 0.278. The Bertz CT molecular complexity index is 236. The molecule has 0 spiro atoms. The highest BCUT2D eigenvalue weighted by atomic mass is 16.5. The van der Waals surface area contributed by atoms with Gasteiger partial charge in [-0.2, -0.15) is 0 Å². The number of aldehydes is 1. The lowest BCUT2D eigenvalue weighted by atomic mass is 10.3. The molecule has 0 saturated heterocycles. The molecule has 0 N–H and O–H groups in total. The molecule has 0 bridgehead atoms. The number of hydrogen-bond donors (Lipinski definition) is 0. The first-order valence-electron chi connectivity index (χ1n) is 3.59. The molecule has 0 aromatic heterocycles. The number of hydrogen-bond acceptors (Lipinski definition) is 3. The minimum atomic E-state index is -0.423. The van der Waals surface area contributed by atoms with Crippen LogP contribution in [0.4, 0.5) is 0 Å². The Morgan fingerprint density at radius 1 is 1.33 bits per heavy atom. The van der Waals surface area contributed by atoms with Crippen LogP contribution in [0.15, 0.2) is 23.5 Å². The van der Waals surface area contributed by atoms with Crippen LogP contribution in [0.2, 0.25) is 0 Å². The fourth-order valence-corrected chi connectivity index (χ4v) is 0.474. The maximum Gasteiger partial charge on any atom is 0.338 e. The first kappa shape index (κ1) is 10.6. The van der Waals surface area contributed by atoms with Crippen molar-refractivity contribution in [3.8, 4) is 0 Å². The number of carbonyl (C=O) groups is 2. The van der Waals surface area contributed by atoms with Crippen LogP contribution in [0, 0.1) is 0 Å². The Morgan fingerprint density at radius 2 is 1.92 bits per heavy atom. The third-order valence-electron chi connectivity index (χ3n) is 1.31. The van der Waals surface area contributed by atoms with Gasteiger partial charge in [0.1, 0.15) is 12.0 Å². The second kappa shape index (κ2) is 5.29. The average Bonchev–Trinajstić information content (AvgIpc) is 2.03. The van der Waals surface area contributed by atoms with Crippen LogP contribution in [0.25, 0.3) is 0 Å². The van der Waals surface area contributed by atoms with Crippen LogP contribution in [0.3, 0.4) is 0 Å². The summed E-state index contributed by atoms with van der Waals surface area (Å²) >= 11 is 0. The van der Waals surface area contributed by atoms with E-state index in [2.05, 4.69) is 0 Å². The standard InChI is InChI=1S/C9H12O3/c1-4-7(2)9(11)12-8(3)5-6-10/h4-6H,1-3H3. The molecule has 0 aliphatic heterocycles. The van der Waals surface area contributed by atoms with Crippen LogP contribution in [0.5, 0.6) is 0 Å². The van der Waals surface area contributed by atoms with E-state index in [1.165, 1.54) is 6.08 Å². The lowest BCUT2D eigenvalue weighted by Crippen LogP contribution is -2.03. The summed E-state index contributed by atoms with van der Waals surface area (Å²) in [5.74, 6) is -0.121. The van der Waals surface area contributed by atoms with Gasteiger partial charge in [0.25, 0.3) is 0 Å². The van der Waals surface area contributed by atoms with Crippen molar-refractivity contribution in [1.82, 2.24) is 0 Å². The van der Waals surface area contributed by atoms with Crippen molar-refractivity contribution < 1.29 is 14.3 Å². The summed E-state index contributed by atoms with van der Waals surface area (Å²) in [6, 6.07) is 0. The van der Waals surface area contributed by atoms with Crippen molar-refractivity contribution in [2.24, 2.45) is 0 Å². The molecule has 0 aromatic carbocycles. The fraction of sp³-hybridized carbons (Fsp3) is 0.333. The molecule has 0 unspecified atom stereocenters. The molecular formula is C9H12O3. The first-order chi connectivity index (χ1) is 5.61. The minimum absolute atomic E-state index is 0.302. The summed E-state index contributed by atoms with van der Waals surface area (Å²) < 4.78 is 4.77. The zero-order chi connectivity index (χ0) is 9.56. The fourth-order valence-electron chi connectivity index (χ4n) is 0.474. The zero-order valence-electron chi connectivity index (χ0n) is 7.46. The van der Waals surface area contributed by atoms with Crippen LogP contribution >= 0.6 is 0 Å². The first-order valence-corrected chi connectivity index (χ1v) is 3.59. The molecule has 66 valence electrons. The molecule has 0 radical (unpaired) electrons. The lowest BCUT2D eigenvalue weighted by Gasteiger charge is -2.01. The normalized spacial score (nSPS) is 12.6. The Kier molecular flexibility index (Phi) is 4.69. The van der Waals surface area contributed by atoms with E-state index in [4.69, 9.17) is 4.74 Å². The monoisotopic (exact) mass is 168 g/mol. The van der Waals surface area contributed by atoms with Gasteiger partial charge in [-0.25, -0.2) is 4.79 Å². The lowest BCUT2D eigenvalue weighted by molar-refractivity contribution is -0.134. The van der Waals surface area contributed by atoms with Crippen molar-refractivity contribution in [3.63, 3.8) is 0 Å². The maximum atomic E-state index is 11.0. The highest BCUT2D eigenvalue weighted by Crippen LogP contribution is 2.01. The minimum Gasteiger partial charge on any atom is -0.428 e. The molecule has 0 rings (SSSR count). The van der Waals surface area contributed by atoms with Crippen molar-refractivity contribution in [3.05, 3.63) is 23.5 Å². The van der Waals surface area contributed by atoms with Crippen LogP contribution in [-0.4, -0.2) is 12.3 Å². The number of esters is 1. The molecule has 0 saturated carbocycles. The third-order valence-corrected chi connectivity index (χ3v) is 1.31. The Balaban J connectivity index is 4.19. The zero-order valence-corrected chi connectivity index (χ0v) is 7.46. The number of allylic oxidation sites excluding steroid dienone is 3. The van der Waals surface area contributed by atoms with Gasteiger partial charge in [-0.05, 0) is 20.8 Å². The van der Waals surface area contributed by atoms with E-state index in [1.807, 2.05) is 0 Å². The molecule has 0 aliphatic carbocycles. The summed E-state index contributed by atoms with van der Waals surface area (Å²) in [6.45, 7) is 4.95. The van der Waals surface area contributed by atoms with Gasteiger partial charge in [-0.3, -0.25) is 4.79 Å². The van der Waals surface area contributed by atoms with E-state index in [0.29, 0.717) is 17.6 Å². The van der Waals surface area contributed by atoms with Crippen molar-refractivity contribution >= 4 is 12.3 Å². The van der Waals surface area contributed by atoms with Gasteiger partial charge >= 0.3 is 5.97 Å². The molecule has 0 aliphatic rings. The highest BCUT2D eigenvalue weighted by molar-refractivity contribution is 5.88. The summed E-state index contributed by atoms with van der Waals surface area (Å²) in [7, 11) is 0. The summed E-state index contributed by atoms with van der Waals surface area (Å²) in [4.78, 5) is 21.0. The predicted octanol–water partition coefficient (Wildman–Crippen LogP) is 1.60. The van der Waals surface area contributed by atoms with Crippen molar-refractivity contribution in [1.29, 1.82) is 0 Å². The van der Waals surface area contributed by atoms with Gasteiger partial charge in [0.2, 0.25) is 0 Å². The molecule has 0 amide bonds. The Labute approximate surface area is 71.7 Å². The Morgan fingerprint density at radius 3 is 2.33 bits per heavy atom. The van der Waals surface area contributed by atoms with E-state index >= 15 is 0 Å². The van der Waals surface area contributed by atoms with Crippen molar-refractivity contribution in [2.45, 2.75) is 20.8 Å². The van der Waals surface area contributed by atoms with E-state index in [-0.39, 0.29) is 0 Å². The molecule has 0 heterocycles. The van der Waals surface area contributed by atoms with Gasteiger partial charge in [-0.15, -0.1) is 0 Å². The van der Waals surface area contributed by atoms with Gasteiger partial charge in [0.05, 0.1) is 0 Å². The second-order valence-corrected chi connectivity index (χ2v) is 2.27. The smallest absolute Gasteiger partial charge is 0.338 e. The van der Waals surface area contributed by atoms with Gasteiger partial charge in [0, 0.05) is 11.6 Å². The van der Waals surface area contributed by atoms with E-state index in [9.17, 15) is 9.59 Å². The molecule has 12 heavy (non-hydrogen) atoms. The topological polar surface area (TPSA) is 43.4 Å². The largest absolute Gasteiger partial charge is 0.428 e.